The zero-order valence-corrected chi connectivity index (χ0v) is 14.6. The summed E-state index contributed by atoms with van der Waals surface area (Å²) in [5, 5.41) is 0. The topological polar surface area (TPSA) is 32.5 Å². The Hall–Kier alpha value is -2.17. The molecule has 0 N–H and O–H groups in total. The fourth-order valence-corrected chi connectivity index (χ4v) is 4.62. The Bertz CT molecular complexity index is 897. The van der Waals surface area contributed by atoms with Crippen LogP contribution in [0.5, 0.6) is 0 Å². The summed E-state index contributed by atoms with van der Waals surface area (Å²) in [5.41, 5.74) is 6.02. The summed E-state index contributed by atoms with van der Waals surface area (Å²) in [5.74, 6) is 0.370. The number of hydrogen-bond acceptors (Lipinski definition) is 4. The Morgan fingerprint density at radius 2 is 1.84 bits per heavy atom. The van der Waals surface area contributed by atoms with E-state index in [1.54, 1.807) is 0 Å². The van der Waals surface area contributed by atoms with Crippen LogP contribution in [0.4, 0.5) is 0 Å². The van der Waals surface area contributed by atoms with Crippen LogP contribution in [0.3, 0.4) is 0 Å². The van der Waals surface area contributed by atoms with Crippen molar-refractivity contribution in [1.82, 2.24) is 14.8 Å². The Balaban J connectivity index is 1.59. The number of rotatable bonds is 2. The molecule has 0 spiro atoms. The molecule has 0 bridgehead atoms. The first-order chi connectivity index (χ1) is 12.3. The van der Waals surface area contributed by atoms with Crippen molar-refractivity contribution >= 4 is 11.1 Å². The van der Waals surface area contributed by atoms with Crippen LogP contribution >= 0.6 is 0 Å². The molecule has 3 aromatic rings. The minimum absolute atomic E-state index is 0.370. The standard InChI is InChI=1S/C21H23N3O/c1-23-13-18(15-8-9-19-20(12-15)25-14-22-19)16-6-2-3-7-17(16)21(23)24-10-4-5-11-24/h2-3,6-9,12,14,18,21H,4-5,10-11,13H2,1H3. The van der Waals surface area contributed by atoms with Gasteiger partial charge in [-0.25, -0.2) is 4.98 Å². The average molecular weight is 333 g/mol. The van der Waals surface area contributed by atoms with Crippen LogP contribution in [0, 0.1) is 0 Å². The van der Waals surface area contributed by atoms with Gasteiger partial charge in [0.15, 0.2) is 12.0 Å². The van der Waals surface area contributed by atoms with Gasteiger partial charge in [-0.1, -0.05) is 30.3 Å². The minimum atomic E-state index is 0.370. The largest absolute Gasteiger partial charge is 0.443 e. The molecule has 2 aliphatic rings. The first-order valence-electron chi connectivity index (χ1n) is 9.17. The Morgan fingerprint density at radius 3 is 2.68 bits per heavy atom. The first-order valence-corrected chi connectivity index (χ1v) is 9.17. The number of likely N-dealkylation sites (tertiary alicyclic amines) is 1. The smallest absolute Gasteiger partial charge is 0.181 e. The van der Waals surface area contributed by atoms with E-state index in [1.165, 1.54) is 49.0 Å². The maximum atomic E-state index is 5.53. The maximum Gasteiger partial charge on any atom is 0.181 e. The number of hydrogen-bond donors (Lipinski definition) is 0. The van der Waals surface area contributed by atoms with Gasteiger partial charge in [0.2, 0.25) is 0 Å². The lowest BCUT2D eigenvalue weighted by Gasteiger charge is -2.43. The molecule has 2 atom stereocenters. The predicted octanol–water partition coefficient (Wildman–Crippen LogP) is 4.00. The average Bonchev–Trinajstić information content (AvgIpc) is 3.32. The summed E-state index contributed by atoms with van der Waals surface area (Å²) in [6.07, 6.45) is 4.57. The molecule has 4 heteroatoms. The van der Waals surface area contributed by atoms with Crippen molar-refractivity contribution in [2.75, 3.05) is 26.7 Å². The molecule has 1 saturated heterocycles. The second-order valence-corrected chi connectivity index (χ2v) is 7.32. The normalized spacial score (nSPS) is 24.7. The molecule has 5 rings (SSSR count). The van der Waals surface area contributed by atoms with Gasteiger partial charge in [0.1, 0.15) is 5.52 Å². The fourth-order valence-electron chi connectivity index (χ4n) is 4.62. The van der Waals surface area contributed by atoms with Gasteiger partial charge in [0, 0.05) is 12.5 Å². The molecule has 0 radical (unpaired) electrons. The van der Waals surface area contributed by atoms with E-state index in [4.69, 9.17) is 4.42 Å². The summed E-state index contributed by atoms with van der Waals surface area (Å²) in [7, 11) is 2.26. The van der Waals surface area contributed by atoms with Crippen molar-refractivity contribution in [1.29, 1.82) is 0 Å². The third-order valence-corrected chi connectivity index (χ3v) is 5.78. The maximum absolute atomic E-state index is 5.53. The third kappa shape index (κ3) is 2.48. The highest BCUT2D eigenvalue weighted by Gasteiger charge is 2.36. The van der Waals surface area contributed by atoms with E-state index in [2.05, 4.69) is 64.3 Å². The number of benzene rings is 2. The van der Waals surface area contributed by atoms with Crippen LogP contribution in [0.1, 0.15) is 41.6 Å². The lowest BCUT2D eigenvalue weighted by Crippen LogP contribution is -2.44. The van der Waals surface area contributed by atoms with Crippen molar-refractivity contribution in [2.45, 2.75) is 24.9 Å². The molecule has 25 heavy (non-hydrogen) atoms. The highest BCUT2D eigenvalue weighted by Crippen LogP contribution is 2.41. The van der Waals surface area contributed by atoms with E-state index in [1.807, 2.05) is 0 Å². The molecule has 0 saturated carbocycles. The molecule has 0 amide bonds. The van der Waals surface area contributed by atoms with Gasteiger partial charge in [-0.15, -0.1) is 0 Å². The molecule has 4 nitrogen and oxygen atoms in total. The van der Waals surface area contributed by atoms with Crippen LogP contribution in [0.2, 0.25) is 0 Å². The van der Waals surface area contributed by atoms with E-state index in [-0.39, 0.29) is 0 Å². The van der Waals surface area contributed by atoms with Gasteiger partial charge in [0.25, 0.3) is 0 Å². The third-order valence-electron chi connectivity index (χ3n) is 5.78. The molecule has 2 unspecified atom stereocenters. The minimum Gasteiger partial charge on any atom is -0.443 e. The Labute approximate surface area is 148 Å². The van der Waals surface area contributed by atoms with Crippen LogP contribution in [-0.4, -0.2) is 41.5 Å². The molecule has 1 aromatic heterocycles. The molecular formula is C21H23N3O. The summed E-state index contributed by atoms with van der Waals surface area (Å²) in [4.78, 5) is 9.40. The summed E-state index contributed by atoms with van der Waals surface area (Å²) < 4.78 is 5.53. The molecule has 3 heterocycles. The van der Waals surface area contributed by atoms with Gasteiger partial charge < -0.3 is 4.42 Å². The van der Waals surface area contributed by atoms with Crippen LogP contribution in [0.15, 0.2) is 53.3 Å². The second kappa shape index (κ2) is 5.97. The molecule has 1 fully saturated rings. The van der Waals surface area contributed by atoms with E-state index in [0.717, 1.165) is 17.6 Å². The fraction of sp³-hybridized carbons (Fsp3) is 0.381. The highest BCUT2D eigenvalue weighted by atomic mass is 16.3. The number of nitrogens with zero attached hydrogens (tertiary/aromatic N) is 3. The van der Waals surface area contributed by atoms with Crippen LogP contribution in [-0.2, 0) is 0 Å². The number of oxazole rings is 1. The van der Waals surface area contributed by atoms with Crippen molar-refractivity contribution < 1.29 is 4.42 Å². The van der Waals surface area contributed by atoms with Gasteiger partial charge in [0.05, 0.1) is 6.17 Å². The highest BCUT2D eigenvalue weighted by molar-refractivity contribution is 5.73. The van der Waals surface area contributed by atoms with Crippen molar-refractivity contribution in [3.8, 4) is 0 Å². The number of likely N-dealkylation sites (N-methyl/N-ethyl adjacent to an activating group) is 1. The summed E-state index contributed by atoms with van der Waals surface area (Å²) >= 11 is 0. The van der Waals surface area contributed by atoms with Crippen LogP contribution < -0.4 is 0 Å². The van der Waals surface area contributed by atoms with Crippen molar-refractivity contribution in [2.24, 2.45) is 0 Å². The van der Waals surface area contributed by atoms with Gasteiger partial charge in [-0.2, -0.15) is 0 Å². The lowest BCUT2D eigenvalue weighted by atomic mass is 9.83. The van der Waals surface area contributed by atoms with Crippen molar-refractivity contribution in [3.05, 3.63) is 65.5 Å². The van der Waals surface area contributed by atoms with E-state index in [0.29, 0.717) is 12.1 Å². The molecular weight excluding hydrogens is 310 g/mol. The van der Waals surface area contributed by atoms with E-state index in [9.17, 15) is 0 Å². The summed E-state index contributed by atoms with van der Waals surface area (Å²) in [6, 6.07) is 15.4. The molecule has 128 valence electrons. The van der Waals surface area contributed by atoms with E-state index >= 15 is 0 Å². The first kappa shape index (κ1) is 15.1. The van der Waals surface area contributed by atoms with Gasteiger partial charge in [-0.05, 0) is 61.8 Å². The quantitative estimate of drug-likeness (QED) is 0.709. The zero-order chi connectivity index (χ0) is 16.8. The Kier molecular flexibility index (Phi) is 3.61. The number of aromatic nitrogens is 1. The van der Waals surface area contributed by atoms with Crippen LogP contribution in [0.25, 0.3) is 11.1 Å². The van der Waals surface area contributed by atoms with Gasteiger partial charge >= 0.3 is 0 Å². The SMILES string of the molecule is CN1CC(c2ccc3ncoc3c2)c2ccccc2C1N1CCCC1. The Morgan fingerprint density at radius 1 is 1.04 bits per heavy atom. The van der Waals surface area contributed by atoms with E-state index < -0.39 is 0 Å². The molecule has 2 aromatic carbocycles. The monoisotopic (exact) mass is 333 g/mol. The zero-order valence-electron chi connectivity index (χ0n) is 14.6. The van der Waals surface area contributed by atoms with Crippen molar-refractivity contribution in [3.63, 3.8) is 0 Å². The summed E-state index contributed by atoms with van der Waals surface area (Å²) in [6.45, 7) is 3.44. The second-order valence-electron chi connectivity index (χ2n) is 7.32. The van der Waals surface area contributed by atoms with Gasteiger partial charge in [-0.3, -0.25) is 9.80 Å². The number of fused-ring (bicyclic) bond motifs is 2. The molecule has 2 aliphatic heterocycles. The predicted molar refractivity (Wildman–Crippen MR) is 98.5 cm³/mol. The lowest BCUT2D eigenvalue weighted by molar-refractivity contribution is 0.0669. The molecule has 0 aliphatic carbocycles.